The fourth-order valence-corrected chi connectivity index (χ4v) is 4.74. The van der Waals surface area contributed by atoms with Crippen LogP contribution in [0.4, 0.5) is 5.95 Å². The van der Waals surface area contributed by atoms with Gasteiger partial charge >= 0.3 is 0 Å². The number of nitrogens with zero attached hydrogens (tertiary/aromatic N) is 6. The minimum Gasteiger partial charge on any atom is -0.341 e. The normalized spacial score (nSPS) is 15.6. The molecule has 7 heteroatoms. The molecule has 1 fully saturated rings. The van der Waals surface area contributed by atoms with E-state index in [0.29, 0.717) is 12.2 Å². The van der Waals surface area contributed by atoms with Crippen molar-refractivity contribution in [1.29, 1.82) is 0 Å². The average molecular weight is 431 g/mol. The van der Waals surface area contributed by atoms with E-state index in [1.165, 1.54) is 0 Å². The van der Waals surface area contributed by atoms with E-state index in [1.807, 2.05) is 42.3 Å². The van der Waals surface area contributed by atoms with Crippen LogP contribution in [-0.4, -0.2) is 50.7 Å². The van der Waals surface area contributed by atoms with Gasteiger partial charge in [-0.05, 0) is 57.1 Å². The molecule has 2 aromatic heterocycles. The molecule has 166 valence electrons. The number of carbonyl (C=O) groups excluding carboxylic acids is 1. The summed E-state index contributed by atoms with van der Waals surface area (Å²) in [5.41, 5.74) is 5.91. The van der Waals surface area contributed by atoms with Gasteiger partial charge in [-0.2, -0.15) is 5.10 Å². The van der Waals surface area contributed by atoms with Gasteiger partial charge in [0.05, 0.1) is 11.9 Å². The number of rotatable bonds is 5. The summed E-state index contributed by atoms with van der Waals surface area (Å²) >= 11 is 0. The Morgan fingerprint density at radius 2 is 1.84 bits per heavy atom. The zero-order valence-electron chi connectivity index (χ0n) is 18.9. The third kappa shape index (κ3) is 3.99. The van der Waals surface area contributed by atoms with Crippen LogP contribution < -0.4 is 4.90 Å². The molecule has 0 bridgehead atoms. The van der Waals surface area contributed by atoms with E-state index in [1.54, 1.807) is 4.90 Å². The number of anilines is 1. The van der Waals surface area contributed by atoms with Crippen molar-refractivity contribution in [2.24, 2.45) is 0 Å². The van der Waals surface area contributed by atoms with Crippen LogP contribution in [0, 0.1) is 6.92 Å². The maximum absolute atomic E-state index is 13.5. The Hall–Kier alpha value is -3.22. The van der Waals surface area contributed by atoms with E-state index < -0.39 is 0 Å². The Bertz CT molecular complexity index is 1130. The van der Waals surface area contributed by atoms with E-state index in [-0.39, 0.29) is 5.91 Å². The summed E-state index contributed by atoms with van der Waals surface area (Å²) in [5, 5.41) is 4.52. The van der Waals surface area contributed by atoms with Crippen LogP contribution in [-0.2, 0) is 19.4 Å². The first-order chi connectivity index (χ1) is 15.6. The molecule has 32 heavy (non-hydrogen) atoms. The highest BCUT2D eigenvalue weighted by Gasteiger charge is 2.27. The number of hydrogen-bond acceptors (Lipinski definition) is 5. The second kappa shape index (κ2) is 8.73. The van der Waals surface area contributed by atoms with Crippen molar-refractivity contribution in [3.63, 3.8) is 0 Å². The summed E-state index contributed by atoms with van der Waals surface area (Å²) in [6.45, 7) is 4.51. The molecule has 1 aliphatic heterocycles. The Morgan fingerprint density at radius 1 is 1.06 bits per heavy atom. The molecule has 0 saturated carbocycles. The molecule has 0 spiro atoms. The highest BCUT2D eigenvalue weighted by Crippen LogP contribution is 2.27. The standard InChI is InChI=1S/C25H30N6O/c1-18-9-3-6-12-22(18)31-17-19(15-26-31)16-29(2)24(32)23-20-10-4-5-11-21(20)27-25(28-23)30-13-7-8-14-30/h3,6,9,12,15,17H,4-5,7-8,10-11,13-14,16H2,1-2H3. The number of aryl methyl sites for hydroxylation is 2. The van der Waals surface area contributed by atoms with Crippen molar-refractivity contribution >= 4 is 11.9 Å². The minimum absolute atomic E-state index is 0.0327. The van der Waals surface area contributed by atoms with Crippen LogP contribution in [0.25, 0.3) is 5.69 Å². The van der Waals surface area contributed by atoms with Crippen molar-refractivity contribution in [1.82, 2.24) is 24.6 Å². The molecule has 3 aromatic rings. The summed E-state index contributed by atoms with van der Waals surface area (Å²) in [7, 11) is 1.85. The SMILES string of the molecule is Cc1ccccc1-n1cc(CN(C)C(=O)c2nc(N3CCCC3)nc3c2CCCC3)cn1. The van der Waals surface area contributed by atoms with Gasteiger partial charge < -0.3 is 9.80 Å². The molecule has 5 rings (SSSR count). The Balaban J connectivity index is 1.39. The summed E-state index contributed by atoms with van der Waals surface area (Å²) in [5.74, 6) is 0.696. The van der Waals surface area contributed by atoms with Crippen molar-refractivity contribution < 1.29 is 4.79 Å². The monoisotopic (exact) mass is 430 g/mol. The molecular weight excluding hydrogens is 400 g/mol. The number of hydrogen-bond donors (Lipinski definition) is 0. The van der Waals surface area contributed by atoms with Gasteiger partial charge in [-0.1, -0.05) is 18.2 Å². The molecule has 1 aromatic carbocycles. The van der Waals surface area contributed by atoms with Crippen LogP contribution in [0.2, 0.25) is 0 Å². The smallest absolute Gasteiger partial charge is 0.272 e. The van der Waals surface area contributed by atoms with Gasteiger partial charge in [-0.15, -0.1) is 0 Å². The van der Waals surface area contributed by atoms with Gasteiger partial charge in [0.15, 0.2) is 0 Å². The third-order valence-electron chi connectivity index (χ3n) is 6.53. The first kappa shape index (κ1) is 20.7. The summed E-state index contributed by atoms with van der Waals surface area (Å²) in [6, 6.07) is 8.15. The van der Waals surface area contributed by atoms with Gasteiger partial charge in [0.2, 0.25) is 5.95 Å². The number of fused-ring (bicyclic) bond motifs is 1. The van der Waals surface area contributed by atoms with Gasteiger partial charge in [-0.25, -0.2) is 14.6 Å². The van der Waals surface area contributed by atoms with Crippen LogP contribution in [0.5, 0.6) is 0 Å². The molecule has 1 saturated heterocycles. The number of benzene rings is 1. The molecule has 3 heterocycles. The van der Waals surface area contributed by atoms with Crippen LogP contribution in [0.15, 0.2) is 36.7 Å². The van der Waals surface area contributed by atoms with Gasteiger partial charge in [0.1, 0.15) is 5.69 Å². The quantitative estimate of drug-likeness (QED) is 0.617. The maximum atomic E-state index is 13.5. The van der Waals surface area contributed by atoms with E-state index in [0.717, 1.165) is 85.6 Å². The highest BCUT2D eigenvalue weighted by molar-refractivity contribution is 5.94. The highest BCUT2D eigenvalue weighted by atomic mass is 16.2. The van der Waals surface area contributed by atoms with E-state index in [4.69, 9.17) is 9.97 Å². The van der Waals surface area contributed by atoms with Crippen LogP contribution in [0.1, 0.15) is 58.6 Å². The first-order valence-electron chi connectivity index (χ1n) is 11.6. The van der Waals surface area contributed by atoms with Crippen LogP contribution in [0.3, 0.4) is 0 Å². The summed E-state index contributed by atoms with van der Waals surface area (Å²) in [6.07, 6.45) is 10.2. The maximum Gasteiger partial charge on any atom is 0.272 e. The number of aromatic nitrogens is 4. The zero-order chi connectivity index (χ0) is 22.1. The molecule has 0 N–H and O–H groups in total. The lowest BCUT2D eigenvalue weighted by molar-refractivity contribution is 0.0777. The first-order valence-corrected chi connectivity index (χ1v) is 11.6. The molecule has 2 aliphatic rings. The Morgan fingerprint density at radius 3 is 2.66 bits per heavy atom. The molecule has 0 radical (unpaired) electrons. The van der Waals surface area contributed by atoms with E-state index in [9.17, 15) is 4.79 Å². The van der Waals surface area contributed by atoms with Gasteiger partial charge in [-0.3, -0.25) is 4.79 Å². The summed E-state index contributed by atoms with van der Waals surface area (Å²) < 4.78 is 1.88. The van der Waals surface area contributed by atoms with Crippen molar-refractivity contribution in [3.05, 3.63) is 64.7 Å². The number of carbonyl (C=O) groups is 1. The third-order valence-corrected chi connectivity index (χ3v) is 6.53. The second-order valence-corrected chi connectivity index (χ2v) is 8.94. The minimum atomic E-state index is -0.0327. The van der Waals surface area contributed by atoms with Crippen molar-refractivity contribution in [2.45, 2.75) is 52.0 Å². The molecule has 1 amide bonds. The molecule has 0 atom stereocenters. The fraction of sp³-hybridized carbons (Fsp3) is 0.440. The number of para-hydroxylation sites is 1. The molecule has 1 aliphatic carbocycles. The Kier molecular flexibility index (Phi) is 5.64. The van der Waals surface area contributed by atoms with Crippen molar-refractivity contribution in [2.75, 3.05) is 25.0 Å². The second-order valence-electron chi connectivity index (χ2n) is 8.94. The fourth-order valence-electron chi connectivity index (χ4n) is 4.74. The summed E-state index contributed by atoms with van der Waals surface area (Å²) in [4.78, 5) is 27.1. The molecule has 0 unspecified atom stereocenters. The van der Waals surface area contributed by atoms with Crippen LogP contribution >= 0.6 is 0 Å². The van der Waals surface area contributed by atoms with Crippen molar-refractivity contribution in [3.8, 4) is 5.69 Å². The number of amides is 1. The lowest BCUT2D eigenvalue weighted by Crippen LogP contribution is -2.31. The van der Waals surface area contributed by atoms with E-state index >= 15 is 0 Å². The largest absolute Gasteiger partial charge is 0.341 e. The predicted molar refractivity (Wildman–Crippen MR) is 124 cm³/mol. The molecular formula is C25H30N6O. The lowest BCUT2D eigenvalue weighted by atomic mass is 9.94. The average Bonchev–Trinajstić information content (AvgIpc) is 3.51. The zero-order valence-corrected chi connectivity index (χ0v) is 18.9. The Labute approximate surface area is 189 Å². The molecule has 7 nitrogen and oxygen atoms in total. The predicted octanol–water partition coefficient (Wildman–Crippen LogP) is 3.72. The van der Waals surface area contributed by atoms with Gasteiger partial charge in [0, 0.05) is 49.7 Å². The lowest BCUT2D eigenvalue weighted by Gasteiger charge is -2.24. The topological polar surface area (TPSA) is 67.2 Å². The van der Waals surface area contributed by atoms with E-state index in [2.05, 4.69) is 23.0 Å². The van der Waals surface area contributed by atoms with Gasteiger partial charge in [0.25, 0.3) is 5.91 Å².